The average Bonchev–Trinajstić information content (AvgIpc) is 2.33. The summed E-state index contributed by atoms with van der Waals surface area (Å²) in [7, 11) is 0. The Morgan fingerprint density at radius 1 is 1.27 bits per heavy atom. The molecule has 0 aromatic carbocycles. The molecule has 0 spiro atoms. The van der Waals surface area contributed by atoms with E-state index in [-0.39, 0.29) is 5.28 Å². The minimum absolute atomic E-state index is 0.282. The van der Waals surface area contributed by atoms with Crippen molar-refractivity contribution in [2.75, 3.05) is 0 Å². The molecule has 2 aromatic rings. The lowest BCUT2D eigenvalue weighted by atomic mass is 10.7. The van der Waals surface area contributed by atoms with Crippen molar-refractivity contribution in [1.29, 1.82) is 0 Å². The molecule has 0 unspecified atom stereocenters. The van der Waals surface area contributed by atoms with Crippen molar-refractivity contribution in [3.8, 4) is 0 Å². The van der Waals surface area contributed by atoms with E-state index in [1.54, 1.807) is 10.6 Å². The fourth-order valence-corrected chi connectivity index (χ4v) is 1.07. The smallest absolute Gasteiger partial charge is 0.229 e. The third kappa shape index (κ3) is 1.04. The molecule has 4 nitrogen and oxygen atoms in total. The highest BCUT2D eigenvalue weighted by molar-refractivity contribution is 6.30. The highest BCUT2D eigenvalue weighted by atomic mass is 35.5. The molecule has 0 bridgehead atoms. The van der Waals surface area contributed by atoms with Gasteiger partial charge in [-0.1, -0.05) is 11.6 Å². The number of nitrogens with zero attached hydrogens (tertiary/aromatic N) is 4. The van der Waals surface area contributed by atoms with Gasteiger partial charge in [-0.25, -0.2) is 4.98 Å². The van der Waals surface area contributed by atoms with E-state index in [1.165, 1.54) is 6.20 Å². The zero-order chi connectivity index (χ0) is 7.84. The molecule has 56 valence electrons. The second-order valence-electron chi connectivity index (χ2n) is 1.91. The zero-order valence-electron chi connectivity index (χ0n) is 5.20. The molecule has 0 atom stereocenters. The summed E-state index contributed by atoms with van der Waals surface area (Å²) >= 11 is 11.2. The average molecular weight is 189 g/mol. The molecule has 0 amide bonds. The van der Waals surface area contributed by atoms with Crippen molar-refractivity contribution in [2.24, 2.45) is 0 Å². The maximum absolute atomic E-state index is 5.65. The van der Waals surface area contributed by atoms with Crippen molar-refractivity contribution in [3.05, 3.63) is 22.8 Å². The summed E-state index contributed by atoms with van der Waals surface area (Å²) in [5, 5.41) is 7.98. The van der Waals surface area contributed by atoms with Gasteiger partial charge in [-0.05, 0) is 11.6 Å². The van der Waals surface area contributed by atoms with Crippen molar-refractivity contribution < 1.29 is 0 Å². The molecule has 0 fully saturated rings. The highest BCUT2D eigenvalue weighted by Crippen LogP contribution is 2.10. The van der Waals surface area contributed by atoms with E-state index in [9.17, 15) is 0 Å². The summed E-state index contributed by atoms with van der Waals surface area (Å²) in [6.07, 6.45) is 3.06. The number of aromatic nitrogens is 4. The largest absolute Gasteiger partial charge is 0.269 e. The minimum Gasteiger partial charge on any atom is -0.269 e. The maximum Gasteiger partial charge on any atom is 0.229 e. The Kier molecular flexibility index (Phi) is 1.44. The third-order valence-corrected chi connectivity index (χ3v) is 1.67. The van der Waals surface area contributed by atoms with E-state index in [0.29, 0.717) is 10.8 Å². The molecule has 2 rings (SSSR count). The van der Waals surface area contributed by atoms with Gasteiger partial charge >= 0.3 is 0 Å². The zero-order valence-corrected chi connectivity index (χ0v) is 6.71. The first-order valence-corrected chi connectivity index (χ1v) is 3.55. The molecular formula is C5H2Cl2N4. The number of hydrogen-bond acceptors (Lipinski definition) is 3. The van der Waals surface area contributed by atoms with E-state index in [1.807, 2.05) is 0 Å². The molecule has 2 aromatic heterocycles. The van der Waals surface area contributed by atoms with Crippen LogP contribution in [0.5, 0.6) is 0 Å². The van der Waals surface area contributed by atoms with E-state index in [2.05, 4.69) is 15.2 Å². The Bertz CT molecular complexity index is 396. The van der Waals surface area contributed by atoms with Crippen LogP contribution >= 0.6 is 23.2 Å². The Labute approximate surface area is 71.8 Å². The number of halogens is 2. The molecule has 2 heterocycles. The second kappa shape index (κ2) is 2.32. The Hall–Kier alpha value is -0.870. The van der Waals surface area contributed by atoms with Crippen molar-refractivity contribution >= 4 is 28.8 Å². The van der Waals surface area contributed by atoms with Crippen LogP contribution in [0.15, 0.2) is 12.4 Å². The van der Waals surface area contributed by atoms with Crippen LogP contribution in [-0.2, 0) is 0 Å². The van der Waals surface area contributed by atoms with E-state index in [0.717, 1.165) is 0 Å². The van der Waals surface area contributed by atoms with Gasteiger partial charge in [0.1, 0.15) is 5.15 Å². The molecule has 0 aliphatic heterocycles. The Balaban J connectivity index is 2.87. The van der Waals surface area contributed by atoms with Crippen LogP contribution in [-0.4, -0.2) is 19.6 Å². The van der Waals surface area contributed by atoms with Gasteiger partial charge in [0.05, 0.1) is 12.4 Å². The molecule has 0 aliphatic carbocycles. The molecule has 0 radical (unpaired) electrons. The van der Waals surface area contributed by atoms with Crippen molar-refractivity contribution in [2.45, 2.75) is 0 Å². The predicted molar refractivity (Wildman–Crippen MR) is 40.8 cm³/mol. The third-order valence-electron chi connectivity index (χ3n) is 1.22. The molecule has 0 aliphatic rings. The highest BCUT2D eigenvalue weighted by Gasteiger charge is 2.01. The fourth-order valence-electron chi connectivity index (χ4n) is 0.750. The van der Waals surface area contributed by atoms with Gasteiger partial charge in [0.25, 0.3) is 0 Å². The van der Waals surface area contributed by atoms with Crippen molar-refractivity contribution in [1.82, 2.24) is 19.6 Å². The van der Waals surface area contributed by atoms with E-state index >= 15 is 0 Å². The quantitative estimate of drug-likeness (QED) is 0.629. The number of fused-ring (bicyclic) bond motifs is 1. The van der Waals surface area contributed by atoms with Gasteiger partial charge in [-0.2, -0.15) is 0 Å². The Morgan fingerprint density at radius 2 is 2.09 bits per heavy atom. The van der Waals surface area contributed by atoms with Crippen LogP contribution in [0.3, 0.4) is 0 Å². The fraction of sp³-hybridized carbons (Fsp3) is 0. The van der Waals surface area contributed by atoms with E-state index in [4.69, 9.17) is 23.2 Å². The standard InChI is InChI=1S/C5H2Cl2N4/c6-3-2-11-4(1-8-3)9-10-5(11)7/h1-2H. The van der Waals surface area contributed by atoms with Crippen LogP contribution in [0, 0.1) is 0 Å². The number of rotatable bonds is 0. The predicted octanol–water partition coefficient (Wildman–Crippen LogP) is 1.43. The summed E-state index contributed by atoms with van der Waals surface area (Å²) in [5.41, 5.74) is 0.583. The van der Waals surface area contributed by atoms with Gasteiger partial charge in [0.2, 0.25) is 5.28 Å². The first kappa shape index (κ1) is 6.82. The summed E-state index contributed by atoms with van der Waals surface area (Å²) < 4.78 is 1.55. The monoisotopic (exact) mass is 188 g/mol. The van der Waals surface area contributed by atoms with Gasteiger partial charge in [0.15, 0.2) is 5.65 Å². The van der Waals surface area contributed by atoms with Crippen LogP contribution in [0.4, 0.5) is 0 Å². The van der Waals surface area contributed by atoms with Crippen LogP contribution in [0.2, 0.25) is 10.4 Å². The molecule has 11 heavy (non-hydrogen) atoms. The lowest BCUT2D eigenvalue weighted by Gasteiger charge is -1.91. The molecule has 0 saturated heterocycles. The SMILES string of the molecule is Clc1cn2c(Cl)nnc2cn1. The van der Waals surface area contributed by atoms with Gasteiger partial charge in [0, 0.05) is 0 Å². The summed E-state index contributed by atoms with van der Waals surface area (Å²) in [6, 6.07) is 0. The van der Waals surface area contributed by atoms with Gasteiger partial charge in [-0.3, -0.25) is 4.40 Å². The van der Waals surface area contributed by atoms with Gasteiger partial charge < -0.3 is 0 Å². The Morgan fingerprint density at radius 3 is 2.91 bits per heavy atom. The van der Waals surface area contributed by atoms with Crippen LogP contribution < -0.4 is 0 Å². The lowest BCUT2D eigenvalue weighted by Crippen LogP contribution is -1.85. The molecule has 0 saturated carbocycles. The maximum atomic E-state index is 5.65. The van der Waals surface area contributed by atoms with Crippen LogP contribution in [0.25, 0.3) is 5.65 Å². The van der Waals surface area contributed by atoms with E-state index < -0.39 is 0 Å². The first-order valence-electron chi connectivity index (χ1n) is 2.79. The summed E-state index contributed by atoms with van der Waals surface area (Å²) in [6.45, 7) is 0. The molecule has 0 N–H and O–H groups in total. The molecular weight excluding hydrogens is 187 g/mol. The molecule has 6 heteroatoms. The van der Waals surface area contributed by atoms with Crippen molar-refractivity contribution in [3.63, 3.8) is 0 Å². The number of hydrogen-bond donors (Lipinski definition) is 0. The first-order chi connectivity index (χ1) is 5.27. The lowest BCUT2D eigenvalue weighted by molar-refractivity contribution is 1.10. The normalized spacial score (nSPS) is 10.7. The topological polar surface area (TPSA) is 43.1 Å². The van der Waals surface area contributed by atoms with Crippen LogP contribution in [0.1, 0.15) is 0 Å². The van der Waals surface area contributed by atoms with Gasteiger partial charge in [-0.15, -0.1) is 10.2 Å². The minimum atomic E-state index is 0.282. The second-order valence-corrected chi connectivity index (χ2v) is 2.63. The summed E-state index contributed by atoms with van der Waals surface area (Å²) in [4.78, 5) is 3.80. The summed E-state index contributed by atoms with van der Waals surface area (Å²) in [5.74, 6) is 0.